The van der Waals surface area contributed by atoms with Gasteiger partial charge >= 0.3 is 6.09 Å². The number of likely N-dealkylation sites (tertiary alicyclic amines) is 1. The summed E-state index contributed by atoms with van der Waals surface area (Å²) < 4.78 is 0. The molecule has 1 heterocycles. The molecular formula is C6H12N2O3. The SMILES string of the molecule is CNC1CN(C(=O)O)CC1O. The second-order valence-electron chi connectivity index (χ2n) is 2.65. The summed E-state index contributed by atoms with van der Waals surface area (Å²) in [5.74, 6) is 0. The minimum atomic E-state index is -0.971. The van der Waals surface area contributed by atoms with E-state index in [1.807, 2.05) is 0 Å². The molecule has 5 heteroatoms. The summed E-state index contributed by atoms with van der Waals surface area (Å²) in [6.07, 6.45) is -1.54. The number of likely N-dealkylation sites (N-methyl/N-ethyl adjacent to an activating group) is 1. The Bertz CT molecular complexity index is 162. The second-order valence-corrected chi connectivity index (χ2v) is 2.65. The van der Waals surface area contributed by atoms with E-state index in [1.54, 1.807) is 7.05 Å². The number of nitrogens with one attached hydrogen (secondary N) is 1. The van der Waals surface area contributed by atoms with Gasteiger partial charge in [-0.1, -0.05) is 0 Å². The van der Waals surface area contributed by atoms with Gasteiger partial charge in [-0.25, -0.2) is 4.79 Å². The highest BCUT2D eigenvalue weighted by Gasteiger charge is 2.32. The third-order valence-corrected chi connectivity index (χ3v) is 1.93. The standard InChI is InChI=1S/C6H12N2O3/c1-7-4-2-8(6(10)11)3-5(4)9/h4-5,7,9H,2-3H2,1H3,(H,10,11). The summed E-state index contributed by atoms with van der Waals surface area (Å²) in [5, 5.41) is 20.6. The van der Waals surface area contributed by atoms with Crippen LogP contribution in [-0.4, -0.2) is 53.5 Å². The molecule has 3 N–H and O–H groups in total. The number of carboxylic acid groups (broad SMARTS) is 1. The van der Waals surface area contributed by atoms with Crippen molar-refractivity contribution in [1.82, 2.24) is 10.2 Å². The monoisotopic (exact) mass is 160 g/mol. The summed E-state index contributed by atoms with van der Waals surface area (Å²) in [6, 6.07) is -0.119. The number of aliphatic hydroxyl groups is 1. The molecule has 0 aromatic carbocycles. The predicted octanol–water partition coefficient (Wildman–Crippen LogP) is -1.07. The van der Waals surface area contributed by atoms with Crippen molar-refractivity contribution in [3.05, 3.63) is 0 Å². The molecule has 64 valence electrons. The first-order valence-corrected chi connectivity index (χ1v) is 3.48. The molecule has 11 heavy (non-hydrogen) atoms. The molecule has 1 fully saturated rings. The van der Waals surface area contributed by atoms with Gasteiger partial charge < -0.3 is 20.4 Å². The number of hydrogen-bond acceptors (Lipinski definition) is 3. The third-order valence-electron chi connectivity index (χ3n) is 1.93. The van der Waals surface area contributed by atoms with Crippen molar-refractivity contribution in [3.8, 4) is 0 Å². The zero-order valence-corrected chi connectivity index (χ0v) is 6.32. The molecule has 0 radical (unpaired) electrons. The van der Waals surface area contributed by atoms with Crippen LogP contribution in [0.1, 0.15) is 0 Å². The maximum Gasteiger partial charge on any atom is 0.407 e. The minimum absolute atomic E-state index is 0.119. The van der Waals surface area contributed by atoms with Gasteiger partial charge in [0, 0.05) is 6.54 Å². The first kappa shape index (κ1) is 8.29. The largest absolute Gasteiger partial charge is 0.465 e. The Hall–Kier alpha value is -0.810. The molecule has 0 aromatic heterocycles. The molecule has 1 amide bonds. The van der Waals surface area contributed by atoms with Crippen LogP contribution >= 0.6 is 0 Å². The first-order chi connectivity index (χ1) is 5.15. The van der Waals surface area contributed by atoms with E-state index in [4.69, 9.17) is 5.11 Å². The van der Waals surface area contributed by atoms with E-state index < -0.39 is 12.2 Å². The minimum Gasteiger partial charge on any atom is -0.465 e. The van der Waals surface area contributed by atoms with Crippen LogP contribution in [0.2, 0.25) is 0 Å². The lowest BCUT2D eigenvalue weighted by molar-refractivity contribution is 0.137. The van der Waals surface area contributed by atoms with Crippen LogP contribution in [0.5, 0.6) is 0 Å². The smallest absolute Gasteiger partial charge is 0.407 e. The van der Waals surface area contributed by atoms with Crippen molar-refractivity contribution in [3.63, 3.8) is 0 Å². The molecule has 1 rings (SSSR count). The predicted molar refractivity (Wildman–Crippen MR) is 38.5 cm³/mol. The van der Waals surface area contributed by atoms with Gasteiger partial charge in [-0.05, 0) is 7.05 Å². The van der Waals surface area contributed by atoms with E-state index in [2.05, 4.69) is 5.32 Å². The van der Waals surface area contributed by atoms with E-state index in [9.17, 15) is 9.90 Å². The van der Waals surface area contributed by atoms with Gasteiger partial charge in [0.15, 0.2) is 0 Å². The van der Waals surface area contributed by atoms with E-state index in [-0.39, 0.29) is 12.6 Å². The van der Waals surface area contributed by atoms with Crippen LogP contribution in [0.15, 0.2) is 0 Å². The highest BCUT2D eigenvalue weighted by atomic mass is 16.4. The van der Waals surface area contributed by atoms with Crippen molar-refractivity contribution >= 4 is 6.09 Å². The van der Waals surface area contributed by atoms with Gasteiger partial charge in [0.1, 0.15) is 0 Å². The number of amides is 1. The zero-order valence-electron chi connectivity index (χ0n) is 6.32. The second kappa shape index (κ2) is 3.06. The Balaban J connectivity index is 2.49. The van der Waals surface area contributed by atoms with Gasteiger partial charge in [-0.15, -0.1) is 0 Å². The molecule has 0 bridgehead atoms. The number of rotatable bonds is 1. The Morgan fingerprint density at radius 1 is 1.64 bits per heavy atom. The quantitative estimate of drug-likeness (QED) is 0.456. The van der Waals surface area contributed by atoms with Crippen LogP contribution < -0.4 is 5.32 Å². The molecule has 0 aliphatic carbocycles. The fourth-order valence-electron chi connectivity index (χ4n) is 1.23. The van der Waals surface area contributed by atoms with E-state index in [1.165, 1.54) is 4.90 Å². The zero-order chi connectivity index (χ0) is 8.43. The molecule has 1 aliphatic rings. The summed E-state index contributed by atoms with van der Waals surface area (Å²) in [4.78, 5) is 11.6. The van der Waals surface area contributed by atoms with Gasteiger partial charge in [0.05, 0.1) is 18.7 Å². The molecular weight excluding hydrogens is 148 g/mol. The average molecular weight is 160 g/mol. The average Bonchev–Trinajstić information content (AvgIpc) is 2.31. The molecule has 0 saturated carbocycles. The van der Waals surface area contributed by atoms with Crippen LogP contribution in [0.3, 0.4) is 0 Å². The number of carbonyl (C=O) groups is 1. The summed E-state index contributed by atoms with van der Waals surface area (Å²) in [6.45, 7) is 0.577. The lowest BCUT2D eigenvalue weighted by Crippen LogP contribution is -2.36. The van der Waals surface area contributed by atoms with E-state index >= 15 is 0 Å². The van der Waals surface area contributed by atoms with Crippen LogP contribution in [0.4, 0.5) is 4.79 Å². The summed E-state index contributed by atoms with van der Waals surface area (Å²) in [5.41, 5.74) is 0. The van der Waals surface area contributed by atoms with Crippen LogP contribution in [0.25, 0.3) is 0 Å². The topological polar surface area (TPSA) is 72.8 Å². The molecule has 1 saturated heterocycles. The third kappa shape index (κ3) is 1.61. The highest BCUT2D eigenvalue weighted by Crippen LogP contribution is 2.09. The van der Waals surface area contributed by atoms with Crippen molar-refractivity contribution in [2.45, 2.75) is 12.1 Å². The lowest BCUT2D eigenvalue weighted by Gasteiger charge is -2.10. The van der Waals surface area contributed by atoms with Crippen molar-refractivity contribution < 1.29 is 15.0 Å². The van der Waals surface area contributed by atoms with Gasteiger partial charge in [0.2, 0.25) is 0 Å². The molecule has 2 atom stereocenters. The molecule has 0 aromatic rings. The fourth-order valence-corrected chi connectivity index (χ4v) is 1.23. The van der Waals surface area contributed by atoms with E-state index in [0.29, 0.717) is 6.54 Å². The number of β-amino-alcohol motifs (C(OH)–C–C–N with tert-alkyl or cyclic N) is 1. The van der Waals surface area contributed by atoms with Gasteiger partial charge in [-0.2, -0.15) is 0 Å². The van der Waals surface area contributed by atoms with Crippen molar-refractivity contribution in [2.24, 2.45) is 0 Å². The number of aliphatic hydroxyl groups excluding tert-OH is 1. The Kier molecular flexibility index (Phi) is 2.31. The Morgan fingerprint density at radius 3 is 2.55 bits per heavy atom. The molecule has 2 unspecified atom stereocenters. The maximum atomic E-state index is 10.4. The molecule has 1 aliphatic heterocycles. The van der Waals surface area contributed by atoms with E-state index in [0.717, 1.165) is 0 Å². The summed E-state index contributed by atoms with van der Waals surface area (Å²) in [7, 11) is 1.71. The lowest BCUT2D eigenvalue weighted by atomic mass is 10.2. The summed E-state index contributed by atoms with van der Waals surface area (Å²) >= 11 is 0. The highest BCUT2D eigenvalue weighted by molar-refractivity contribution is 5.65. The number of nitrogens with zero attached hydrogens (tertiary/aromatic N) is 1. The van der Waals surface area contributed by atoms with Crippen LogP contribution in [0, 0.1) is 0 Å². The van der Waals surface area contributed by atoms with Gasteiger partial charge in [-0.3, -0.25) is 0 Å². The van der Waals surface area contributed by atoms with Crippen molar-refractivity contribution in [2.75, 3.05) is 20.1 Å². The normalized spacial score (nSPS) is 30.9. The molecule has 5 nitrogen and oxygen atoms in total. The number of hydrogen-bond donors (Lipinski definition) is 3. The Labute approximate surface area is 64.6 Å². The van der Waals surface area contributed by atoms with Gasteiger partial charge in [0.25, 0.3) is 0 Å². The fraction of sp³-hybridized carbons (Fsp3) is 0.833. The first-order valence-electron chi connectivity index (χ1n) is 3.48. The maximum absolute atomic E-state index is 10.4. The van der Waals surface area contributed by atoms with Crippen molar-refractivity contribution in [1.29, 1.82) is 0 Å². The van der Waals surface area contributed by atoms with Crippen LogP contribution in [-0.2, 0) is 0 Å². The molecule has 0 spiro atoms. The Morgan fingerprint density at radius 2 is 2.27 bits per heavy atom.